The summed E-state index contributed by atoms with van der Waals surface area (Å²) in [7, 11) is 1.24. The average Bonchev–Trinajstić information content (AvgIpc) is 2.67. The summed E-state index contributed by atoms with van der Waals surface area (Å²) >= 11 is 0. The zero-order valence-electron chi connectivity index (χ0n) is 10.0. The zero-order chi connectivity index (χ0) is 14.2. The number of aromatic nitrogens is 2. The summed E-state index contributed by atoms with van der Waals surface area (Å²) in [4.78, 5) is 11.7. The number of ether oxygens (including phenoxy) is 2. The second-order valence-corrected chi connectivity index (χ2v) is 4.05. The zero-order valence-corrected chi connectivity index (χ0v) is 10.0. The molecule has 2 rings (SSSR count). The largest absolute Gasteiger partial charge is 0.503 e. The Balaban J connectivity index is 2.40. The van der Waals surface area contributed by atoms with E-state index in [1.807, 2.05) is 0 Å². The van der Waals surface area contributed by atoms with Crippen LogP contribution in [0.3, 0.4) is 0 Å². The molecule has 0 radical (unpaired) electrons. The number of aromatic hydroxyl groups is 1. The number of aliphatic hydroxyl groups excluding tert-OH is 3. The molecule has 1 aliphatic heterocycles. The summed E-state index contributed by atoms with van der Waals surface area (Å²) in [5, 5.41) is 41.4. The average molecular weight is 274 g/mol. The van der Waals surface area contributed by atoms with Gasteiger partial charge in [-0.25, -0.2) is 0 Å². The Kier molecular flexibility index (Phi) is 3.71. The van der Waals surface area contributed by atoms with Crippen molar-refractivity contribution in [3.05, 3.63) is 16.4 Å². The lowest BCUT2D eigenvalue weighted by Crippen LogP contribution is -2.36. The Morgan fingerprint density at radius 2 is 2.16 bits per heavy atom. The Hall–Kier alpha value is -1.68. The summed E-state index contributed by atoms with van der Waals surface area (Å²) in [6.07, 6.45) is -5.07. The summed E-state index contributed by atoms with van der Waals surface area (Å²) in [5.41, 5.74) is -0.742. The van der Waals surface area contributed by atoms with E-state index in [1.165, 1.54) is 7.11 Å². The monoisotopic (exact) mass is 274 g/mol. The quantitative estimate of drug-likeness (QED) is 0.478. The Morgan fingerprint density at radius 1 is 1.47 bits per heavy atom. The van der Waals surface area contributed by atoms with E-state index in [0.29, 0.717) is 0 Å². The molecule has 106 valence electrons. The van der Waals surface area contributed by atoms with Crippen LogP contribution in [0, 0.1) is 0 Å². The molecule has 0 unspecified atom stereocenters. The molecule has 4 atom stereocenters. The standard InChI is InChI=1S/C10H14N2O7/c1-18-9-4(14)2-6(15)12(11-9)10-8(17)7(16)5(3-13)19-10/h2,5,7-8,10,13-14,16-17H,3H2,1H3/t5-,7-,8-,10-/m1/s1. The summed E-state index contributed by atoms with van der Waals surface area (Å²) in [5.74, 6) is -0.673. The lowest BCUT2D eigenvalue weighted by atomic mass is 10.1. The van der Waals surface area contributed by atoms with Gasteiger partial charge in [0.05, 0.1) is 19.8 Å². The molecule has 0 aromatic carbocycles. The highest BCUT2D eigenvalue weighted by Gasteiger charge is 2.44. The molecule has 1 saturated heterocycles. The van der Waals surface area contributed by atoms with Crippen molar-refractivity contribution in [2.24, 2.45) is 0 Å². The maximum Gasteiger partial charge on any atom is 0.274 e. The highest BCUT2D eigenvalue weighted by molar-refractivity contribution is 5.29. The predicted molar refractivity (Wildman–Crippen MR) is 59.7 cm³/mol. The van der Waals surface area contributed by atoms with Gasteiger partial charge in [0, 0.05) is 0 Å². The van der Waals surface area contributed by atoms with Gasteiger partial charge in [0.1, 0.15) is 18.3 Å². The van der Waals surface area contributed by atoms with E-state index in [1.54, 1.807) is 0 Å². The van der Waals surface area contributed by atoms with E-state index in [2.05, 4.69) is 5.10 Å². The van der Waals surface area contributed by atoms with Gasteiger partial charge in [0.25, 0.3) is 11.4 Å². The van der Waals surface area contributed by atoms with Crippen molar-refractivity contribution in [2.45, 2.75) is 24.5 Å². The third kappa shape index (κ3) is 2.28. The highest BCUT2D eigenvalue weighted by Crippen LogP contribution is 2.29. The van der Waals surface area contributed by atoms with E-state index >= 15 is 0 Å². The molecule has 9 heteroatoms. The van der Waals surface area contributed by atoms with Gasteiger partial charge in [0.2, 0.25) is 0 Å². The highest BCUT2D eigenvalue weighted by atomic mass is 16.6. The first-order chi connectivity index (χ1) is 8.99. The van der Waals surface area contributed by atoms with Crippen molar-refractivity contribution in [1.82, 2.24) is 9.78 Å². The van der Waals surface area contributed by atoms with Crippen molar-refractivity contribution in [3.63, 3.8) is 0 Å². The van der Waals surface area contributed by atoms with Gasteiger partial charge < -0.3 is 29.9 Å². The smallest absolute Gasteiger partial charge is 0.274 e. The lowest BCUT2D eigenvalue weighted by Gasteiger charge is -2.16. The third-order valence-electron chi connectivity index (χ3n) is 2.86. The van der Waals surface area contributed by atoms with Crippen molar-refractivity contribution >= 4 is 0 Å². The van der Waals surface area contributed by atoms with Gasteiger partial charge >= 0.3 is 0 Å². The second-order valence-electron chi connectivity index (χ2n) is 4.05. The van der Waals surface area contributed by atoms with Crippen molar-refractivity contribution < 1.29 is 29.9 Å². The number of hydrogen-bond acceptors (Lipinski definition) is 8. The molecule has 0 saturated carbocycles. The van der Waals surface area contributed by atoms with Gasteiger partial charge in [0.15, 0.2) is 12.0 Å². The summed E-state index contributed by atoms with van der Waals surface area (Å²) in [6.45, 7) is -0.515. The van der Waals surface area contributed by atoms with Crippen LogP contribution in [0.15, 0.2) is 10.9 Å². The predicted octanol–water partition coefficient (Wildman–Crippen LogP) is -2.43. The van der Waals surface area contributed by atoms with E-state index in [-0.39, 0.29) is 5.88 Å². The number of rotatable bonds is 3. The molecule has 9 nitrogen and oxygen atoms in total. The molecule has 2 heterocycles. The molecule has 1 fully saturated rings. The van der Waals surface area contributed by atoms with E-state index in [9.17, 15) is 20.1 Å². The topological polar surface area (TPSA) is 134 Å². The van der Waals surface area contributed by atoms with Gasteiger partial charge in [-0.15, -0.1) is 5.10 Å². The number of nitrogens with zero attached hydrogens (tertiary/aromatic N) is 2. The van der Waals surface area contributed by atoms with Crippen LogP contribution < -0.4 is 10.3 Å². The summed E-state index contributed by atoms with van der Waals surface area (Å²) < 4.78 is 10.6. The second kappa shape index (κ2) is 5.13. The molecule has 0 aliphatic carbocycles. The molecule has 0 amide bonds. The summed E-state index contributed by atoms with van der Waals surface area (Å²) in [6, 6.07) is 0.848. The van der Waals surface area contributed by atoms with Crippen molar-refractivity contribution in [1.29, 1.82) is 0 Å². The molecule has 0 spiro atoms. The van der Waals surface area contributed by atoms with Crippen LogP contribution in [-0.2, 0) is 4.74 Å². The number of aliphatic hydroxyl groups is 3. The fourth-order valence-electron chi connectivity index (χ4n) is 1.85. The first-order valence-corrected chi connectivity index (χ1v) is 5.49. The SMILES string of the molecule is COc1nn([C@@H]2O[C@H](CO)[C@@H](O)[C@H]2O)c(=O)cc1O. The molecular weight excluding hydrogens is 260 g/mol. The van der Waals surface area contributed by atoms with Gasteiger partial charge in [-0.1, -0.05) is 0 Å². The van der Waals surface area contributed by atoms with Crippen LogP contribution >= 0.6 is 0 Å². The van der Waals surface area contributed by atoms with Gasteiger partial charge in [-0.3, -0.25) is 4.79 Å². The van der Waals surface area contributed by atoms with Gasteiger partial charge in [-0.05, 0) is 0 Å². The first-order valence-electron chi connectivity index (χ1n) is 5.49. The lowest BCUT2D eigenvalue weighted by molar-refractivity contribution is -0.0616. The van der Waals surface area contributed by atoms with Crippen LogP contribution in [0.4, 0.5) is 0 Å². The first kappa shape index (κ1) is 13.7. The van der Waals surface area contributed by atoms with E-state index < -0.39 is 42.5 Å². The van der Waals surface area contributed by atoms with Crippen LogP contribution in [-0.4, -0.2) is 62.2 Å². The molecule has 1 aromatic heterocycles. The fourth-order valence-corrected chi connectivity index (χ4v) is 1.85. The van der Waals surface area contributed by atoms with Crippen LogP contribution in [0.1, 0.15) is 6.23 Å². The van der Waals surface area contributed by atoms with Gasteiger partial charge in [-0.2, -0.15) is 4.68 Å². The minimum atomic E-state index is -1.43. The molecule has 19 heavy (non-hydrogen) atoms. The minimum Gasteiger partial charge on any atom is -0.503 e. The minimum absolute atomic E-state index is 0.225. The Bertz CT molecular complexity index is 517. The van der Waals surface area contributed by atoms with Crippen LogP contribution in [0.25, 0.3) is 0 Å². The number of hydrogen-bond donors (Lipinski definition) is 4. The van der Waals surface area contributed by atoms with E-state index in [0.717, 1.165) is 10.7 Å². The third-order valence-corrected chi connectivity index (χ3v) is 2.86. The Labute approximate surface area is 107 Å². The number of methoxy groups -OCH3 is 1. The fraction of sp³-hybridized carbons (Fsp3) is 0.600. The van der Waals surface area contributed by atoms with Crippen LogP contribution in [0.5, 0.6) is 11.6 Å². The molecule has 4 N–H and O–H groups in total. The molecular formula is C10H14N2O7. The van der Waals surface area contributed by atoms with E-state index in [4.69, 9.17) is 14.6 Å². The van der Waals surface area contributed by atoms with Crippen molar-refractivity contribution in [3.8, 4) is 11.6 Å². The maximum atomic E-state index is 11.7. The van der Waals surface area contributed by atoms with Crippen molar-refractivity contribution in [2.75, 3.05) is 13.7 Å². The normalized spacial score (nSPS) is 30.5. The molecule has 1 aliphatic rings. The van der Waals surface area contributed by atoms with Crippen LogP contribution in [0.2, 0.25) is 0 Å². The maximum absolute atomic E-state index is 11.7. The molecule has 1 aromatic rings. The molecule has 0 bridgehead atoms. The Morgan fingerprint density at radius 3 is 2.68 bits per heavy atom.